The number of likely N-dealkylation sites (tertiary alicyclic amines) is 1. The van der Waals surface area contributed by atoms with Gasteiger partial charge in [-0.15, -0.1) is 11.6 Å². The Morgan fingerprint density at radius 1 is 1.33 bits per heavy atom. The van der Waals surface area contributed by atoms with Crippen molar-refractivity contribution in [2.75, 3.05) is 25.5 Å². The molecule has 0 aromatic carbocycles. The average molecular weight is 319 g/mol. The van der Waals surface area contributed by atoms with Crippen LogP contribution in [0.1, 0.15) is 47.0 Å². The van der Waals surface area contributed by atoms with Gasteiger partial charge in [0.1, 0.15) is 11.5 Å². The second kappa shape index (κ2) is 7.87. The zero-order valence-corrected chi connectivity index (χ0v) is 14.3. The highest BCUT2D eigenvalue weighted by Gasteiger charge is 2.32. The van der Waals surface area contributed by atoms with Gasteiger partial charge in [0, 0.05) is 19.6 Å². The van der Waals surface area contributed by atoms with Gasteiger partial charge in [-0.25, -0.2) is 4.79 Å². The Labute approximate surface area is 132 Å². The summed E-state index contributed by atoms with van der Waals surface area (Å²) in [6.45, 7) is 9.32. The third-order valence-corrected chi connectivity index (χ3v) is 3.76. The molecule has 6 heteroatoms. The smallest absolute Gasteiger partial charge is 0.410 e. The maximum absolute atomic E-state index is 12.3. The first kappa shape index (κ1) is 18.1. The van der Waals surface area contributed by atoms with Crippen molar-refractivity contribution >= 4 is 23.6 Å². The quantitative estimate of drug-likeness (QED) is 0.749. The van der Waals surface area contributed by atoms with E-state index in [1.807, 2.05) is 27.7 Å². The van der Waals surface area contributed by atoms with Crippen molar-refractivity contribution in [2.45, 2.75) is 58.6 Å². The van der Waals surface area contributed by atoms with Gasteiger partial charge in [-0.05, 0) is 47.0 Å². The second-order valence-corrected chi connectivity index (χ2v) is 6.66. The van der Waals surface area contributed by atoms with Crippen molar-refractivity contribution in [3.05, 3.63) is 0 Å². The lowest BCUT2D eigenvalue weighted by molar-refractivity contribution is -0.129. The van der Waals surface area contributed by atoms with Crippen molar-refractivity contribution in [2.24, 2.45) is 0 Å². The zero-order valence-electron chi connectivity index (χ0n) is 13.5. The van der Waals surface area contributed by atoms with Crippen molar-refractivity contribution in [1.82, 2.24) is 9.80 Å². The van der Waals surface area contributed by atoms with Crippen LogP contribution in [-0.2, 0) is 9.53 Å². The first-order valence-corrected chi connectivity index (χ1v) is 8.15. The number of amides is 2. The number of nitrogens with zero attached hydrogens (tertiary/aromatic N) is 2. The SMILES string of the molecule is CCN(CC1CCCCN1C(=O)OC(C)(C)C)C(=O)CCl. The van der Waals surface area contributed by atoms with Crippen LogP contribution in [0, 0.1) is 0 Å². The van der Waals surface area contributed by atoms with Gasteiger partial charge >= 0.3 is 6.09 Å². The normalized spacial score (nSPS) is 19.3. The number of hydrogen-bond donors (Lipinski definition) is 0. The van der Waals surface area contributed by atoms with Crippen LogP contribution in [-0.4, -0.2) is 59.0 Å². The van der Waals surface area contributed by atoms with Gasteiger partial charge < -0.3 is 14.5 Å². The average Bonchev–Trinajstić information content (AvgIpc) is 2.42. The molecule has 0 aliphatic carbocycles. The van der Waals surface area contributed by atoms with E-state index in [-0.39, 0.29) is 23.9 Å². The molecule has 1 aliphatic heterocycles. The van der Waals surface area contributed by atoms with Crippen molar-refractivity contribution in [1.29, 1.82) is 0 Å². The van der Waals surface area contributed by atoms with E-state index in [2.05, 4.69) is 0 Å². The van der Waals surface area contributed by atoms with Crippen LogP contribution in [0.3, 0.4) is 0 Å². The van der Waals surface area contributed by atoms with Crippen LogP contribution >= 0.6 is 11.6 Å². The van der Waals surface area contributed by atoms with Crippen LogP contribution in [0.5, 0.6) is 0 Å². The summed E-state index contributed by atoms with van der Waals surface area (Å²) < 4.78 is 5.47. The van der Waals surface area contributed by atoms with E-state index in [4.69, 9.17) is 16.3 Å². The molecule has 0 radical (unpaired) electrons. The molecule has 122 valence electrons. The van der Waals surface area contributed by atoms with Crippen molar-refractivity contribution in [3.63, 3.8) is 0 Å². The third-order valence-electron chi connectivity index (χ3n) is 3.54. The highest BCUT2D eigenvalue weighted by Crippen LogP contribution is 2.21. The minimum atomic E-state index is -0.504. The van der Waals surface area contributed by atoms with Crippen LogP contribution < -0.4 is 0 Å². The van der Waals surface area contributed by atoms with Gasteiger partial charge in [0.15, 0.2) is 0 Å². The van der Waals surface area contributed by atoms with Gasteiger partial charge in [-0.1, -0.05) is 0 Å². The topological polar surface area (TPSA) is 49.9 Å². The van der Waals surface area contributed by atoms with Gasteiger partial charge in [-0.2, -0.15) is 0 Å². The zero-order chi connectivity index (χ0) is 16.0. The van der Waals surface area contributed by atoms with E-state index in [0.29, 0.717) is 19.6 Å². The highest BCUT2D eigenvalue weighted by molar-refractivity contribution is 6.27. The van der Waals surface area contributed by atoms with E-state index in [1.54, 1.807) is 9.80 Å². The number of likely N-dealkylation sites (N-methyl/N-ethyl adjacent to an activating group) is 1. The van der Waals surface area contributed by atoms with Crippen LogP contribution in [0.2, 0.25) is 0 Å². The lowest BCUT2D eigenvalue weighted by Crippen LogP contribution is -2.52. The summed E-state index contributed by atoms with van der Waals surface area (Å²) in [5, 5.41) is 0. The number of carbonyl (C=O) groups excluding carboxylic acids is 2. The van der Waals surface area contributed by atoms with Gasteiger partial charge in [-0.3, -0.25) is 4.79 Å². The number of carbonyl (C=O) groups is 2. The first-order valence-electron chi connectivity index (χ1n) is 7.62. The van der Waals surface area contributed by atoms with Crippen molar-refractivity contribution in [3.8, 4) is 0 Å². The third kappa shape index (κ3) is 5.73. The standard InChI is InChI=1S/C15H27ClN2O3/c1-5-17(13(19)10-16)11-12-8-6-7-9-18(12)14(20)21-15(2,3)4/h12H,5-11H2,1-4H3. The number of piperidine rings is 1. The Kier molecular flexibility index (Phi) is 6.78. The summed E-state index contributed by atoms with van der Waals surface area (Å²) in [5.41, 5.74) is -0.504. The molecule has 1 aliphatic rings. The predicted molar refractivity (Wildman–Crippen MR) is 83.6 cm³/mol. The van der Waals surface area contributed by atoms with E-state index in [9.17, 15) is 9.59 Å². The summed E-state index contributed by atoms with van der Waals surface area (Å²) in [7, 11) is 0. The maximum atomic E-state index is 12.3. The molecule has 0 spiro atoms. The minimum Gasteiger partial charge on any atom is -0.444 e. The molecule has 21 heavy (non-hydrogen) atoms. The molecule has 5 nitrogen and oxygen atoms in total. The molecule has 0 aromatic rings. The molecular formula is C15H27ClN2O3. The summed E-state index contributed by atoms with van der Waals surface area (Å²) in [5.74, 6) is -0.110. The number of ether oxygens (including phenoxy) is 1. The summed E-state index contributed by atoms with van der Waals surface area (Å²) >= 11 is 5.63. The van der Waals surface area contributed by atoms with Crippen molar-refractivity contribution < 1.29 is 14.3 Å². The molecule has 0 bridgehead atoms. The summed E-state index contributed by atoms with van der Waals surface area (Å²) in [6.07, 6.45) is 2.65. The second-order valence-electron chi connectivity index (χ2n) is 6.39. The van der Waals surface area contributed by atoms with E-state index in [1.165, 1.54) is 0 Å². The number of halogens is 1. The summed E-state index contributed by atoms with van der Waals surface area (Å²) in [4.78, 5) is 27.6. The maximum Gasteiger partial charge on any atom is 0.410 e. The molecule has 1 atom stereocenters. The fraction of sp³-hybridized carbons (Fsp3) is 0.867. The molecule has 1 rings (SSSR count). The van der Waals surface area contributed by atoms with Gasteiger partial charge in [0.05, 0.1) is 6.04 Å². The van der Waals surface area contributed by atoms with Crippen LogP contribution in [0.4, 0.5) is 4.79 Å². The molecule has 1 heterocycles. The molecule has 0 aromatic heterocycles. The largest absolute Gasteiger partial charge is 0.444 e. The van der Waals surface area contributed by atoms with Gasteiger partial charge in [0.2, 0.25) is 5.91 Å². The number of rotatable bonds is 4. The Bertz CT molecular complexity index is 368. The lowest BCUT2D eigenvalue weighted by atomic mass is 10.0. The molecule has 1 unspecified atom stereocenters. The number of alkyl halides is 1. The minimum absolute atomic E-state index is 0.0146. The molecule has 0 saturated carbocycles. The Morgan fingerprint density at radius 2 is 2.00 bits per heavy atom. The fourth-order valence-electron chi connectivity index (χ4n) is 2.50. The van der Waals surface area contributed by atoms with E-state index < -0.39 is 5.60 Å². The Balaban J connectivity index is 2.72. The molecule has 1 fully saturated rings. The van der Waals surface area contributed by atoms with Crippen LogP contribution in [0.25, 0.3) is 0 Å². The Hall–Kier alpha value is -0.970. The number of hydrogen-bond acceptors (Lipinski definition) is 3. The summed E-state index contributed by atoms with van der Waals surface area (Å²) in [6, 6.07) is 0.0146. The van der Waals surface area contributed by atoms with E-state index >= 15 is 0 Å². The van der Waals surface area contributed by atoms with E-state index in [0.717, 1.165) is 19.3 Å². The Morgan fingerprint density at radius 3 is 2.52 bits per heavy atom. The monoisotopic (exact) mass is 318 g/mol. The van der Waals surface area contributed by atoms with Gasteiger partial charge in [0.25, 0.3) is 0 Å². The predicted octanol–water partition coefficient (Wildman–Crippen LogP) is 2.86. The molecule has 1 saturated heterocycles. The van der Waals surface area contributed by atoms with Crippen LogP contribution in [0.15, 0.2) is 0 Å². The fourth-order valence-corrected chi connectivity index (χ4v) is 2.67. The molecule has 0 N–H and O–H groups in total. The lowest BCUT2D eigenvalue weighted by Gasteiger charge is -2.39. The first-order chi connectivity index (χ1) is 9.78. The molecule has 2 amide bonds. The molecular weight excluding hydrogens is 292 g/mol. The highest BCUT2D eigenvalue weighted by atomic mass is 35.5.